The molecule has 1 heterocycles. The lowest BCUT2D eigenvalue weighted by Crippen LogP contribution is -2.23. The third kappa shape index (κ3) is 2.62. The first-order chi connectivity index (χ1) is 7.58. The quantitative estimate of drug-likeness (QED) is 0.794. The van der Waals surface area contributed by atoms with Crippen LogP contribution in [0, 0.1) is 13.8 Å². The van der Waals surface area contributed by atoms with E-state index in [9.17, 15) is 4.79 Å². The highest BCUT2D eigenvalue weighted by Gasteiger charge is 2.20. The number of hydrogen-bond donors (Lipinski definition) is 1. The summed E-state index contributed by atoms with van der Waals surface area (Å²) in [5.41, 5.74) is 2.15. The average Bonchev–Trinajstić information content (AvgIpc) is 3.01. The third-order valence-corrected chi connectivity index (χ3v) is 3.97. The highest BCUT2D eigenvalue weighted by atomic mass is 32.1. The molecule has 1 fully saturated rings. The predicted octanol–water partition coefficient (Wildman–Crippen LogP) is 1.83. The molecule has 3 nitrogen and oxygen atoms in total. The molecule has 0 atom stereocenters. The summed E-state index contributed by atoms with van der Waals surface area (Å²) in [5.74, 6) is 0. The highest BCUT2D eigenvalue weighted by molar-refractivity contribution is 7.09. The molecule has 0 radical (unpaired) electrons. The Morgan fingerprint density at radius 3 is 2.75 bits per heavy atom. The standard InChI is InChI=1S/C12H18N2OS/c1-8(6-13-11-4-5-11)7-14-9(2)10(3)16-12(14)15/h11,13H,1,4-7H2,2-3H3. The van der Waals surface area contributed by atoms with E-state index in [2.05, 4.69) is 11.9 Å². The van der Waals surface area contributed by atoms with Gasteiger partial charge in [-0.3, -0.25) is 9.36 Å². The Bertz CT molecular complexity index is 454. The Kier molecular flexibility index (Phi) is 3.30. The molecule has 1 aliphatic rings. The summed E-state index contributed by atoms with van der Waals surface area (Å²) >= 11 is 1.32. The first kappa shape index (κ1) is 11.6. The molecule has 1 aliphatic carbocycles. The maximum atomic E-state index is 11.7. The van der Waals surface area contributed by atoms with Crippen LogP contribution in [0.2, 0.25) is 0 Å². The molecule has 1 saturated carbocycles. The van der Waals surface area contributed by atoms with Gasteiger partial charge in [-0.25, -0.2) is 0 Å². The normalized spacial score (nSPS) is 15.4. The lowest BCUT2D eigenvalue weighted by Gasteiger charge is -2.09. The lowest BCUT2D eigenvalue weighted by atomic mass is 10.3. The Labute approximate surface area is 99.8 Å². The number of rotatable bonds is 5. The molecule has 0 spiro atoms. The van der Waals surface area contributed by atoms with Crippen LogP contribution in [0.25, 0.3) is 0 Å². The van der Waals surface area contributed by atoms with Crippen molar-refractivity contribution >= 4 is 11.3 Å². The van der Waals surface area contributed by atoms with Crippen LogP contribution < -0.4 is 10.2 Å². The fraction of sp³-hybridized carbons (Fsp3) is 0.583. The number of nitrogens with one attached hydrogen (secondary N) is 1. The van der Waals surface area contributed by atoms with Crippen molar-refractivity contribution in [1.82, 2.24) is 9.88 Å². The summed E-state index contributed by atoms with van der Waals surface area (Å²) < 4.78 is 1.82. The van der Waals surface area contributed by atoms with Crippen LogP contribution in [-0.4, -0.2) is 17.2 Å². The van der Waals surface area contributed by atoms with Crippen LogP contribution in [0.3, 0.4) is 0 Å². The molecular formula is C12H18N2OS. The van der Waals surface area contributed by atoms with Gasteiger partial charge in [0.2, 0.25) is 0 Å². The van der Waals surface area contributed by atoms with Crippen molar-refractivity contribution in [1.29, 1.82) is 0 Å². The van der Waals surface area contributed by atoms with Gasteiger partial charge < -0.3 is 5.32 Å². The minimum atomic E-state index is 0.127. The Morgan fingerprint density at radius 1 is 1.56 bits per heavy atom. The van der Waals surface area contributed by atoms with Crippen LogP contribution in [0.4, 0.5) is 0 Å². The van der Waals surface area contributed by atoms with Crippen LogP contribution in [0.5, 0.6) is 0 Å². The van der Waals surface area contributed by atoms with E-state index in [1.807, 2.05) is 18.4 Å². The Hall–Kier alpha value is -0.870. The van der Waals surface area contributed by atoms with E-state index < -0.39 is 0 Å². The fourth-order valence-electron chi connectivity index (χ4n) is 1.63. The molecule has 16 heavy (non-hydrogen) atoms. The van der Waals surface area contributed by atoms with Gasteiger partial charge in [0.25, 0.3) is 0 Å². The van der Waals surface area contributed by atoms with Crippen molar-refractivity contribution in [2.24, 2.45) is 0 Å². The Balaban J connectivity index is 1.96. The molecular weight excluding hydrogens is 220 g/mol. The van der Waals surface area contributed by atoms with E-state index in [1.165, 1.54) is 24.2 Å². The number of aromatic nitrogens is 1. The topological polar surface area (TPSA) is 34.0 Å². The second-order valence-electron chi connectivity index (χ2n) is 4.50. The average molecular weight is 238 g/mol. The molecule has 2 rings (SSSR count). The van der Waals surface area contributed by atoms with Crippen LogP contribution in [0.15, 0.2) is 16.9 Å². The Morgan fingerprint density at radius 2 is 2.25 bits per heavy atom. The zero-order valence-electron chi connectivity index (χ0n) is 9.88. The maximum Gasteiger partial charge on any atom is 0.307 e. The number of hydrogen-bond acceptors (Lipinski definition) is 3. The zero-order valence-corrected chi connectivity index (χ0v) is 10.7. The summed E-state index contributed by atoms with van der Waals surface area (Å²) in [7, 11) is 0. The van der Waals surface area contributed by atoms with Gasteiger partial charge in [0.15, 0.2) is 0 Å². The molecule has 4 heteroatoms. The lowest BCUT2D eigenvalue weighted by molar-refractivity contribution is 0.667. The summed E-state index contributed by atoms with van der Waals surface area (Å²) in [4.78, 5) is 12.9. The number of thiazole rings is 1. The van der Waals surface area contributed by atoms with E-state index in [0.717, 1.165) is 22.7 Å². The summed E-state index contributed by atoms with van der Waals surface area (Å²) in [6.45, 7) is 9.48. The van der Waals surface area contributed by atoms with E-state index in [1.54, 1.807) is 0 Å². The van der Waals surface area contributed by atoms with E-state index in [-0.39, 0.29) is 4.87 Å². The molecule has 88 valence electrons. The molecule has 0 bridgehead atoms. The predicted molar refractivity (Wildman–Crippen MR) is 68.2 cm³/mol. The van der Waals surface area contributed by atoms with Gasteiger partial charge in [-0.05, 0) is 32.3 Å². The number of aryl methyl sites for hydroxylation is 1. The first-order valence-corrected chi connectivity index (χ1v) is 6.46. The third-order valence-electron chi connectivity index (χ3n) is 2.97. The minimum Gasteiger partial charge on any atom is -0.310 e. The molecule has 0 aromatic carbocycles. The van der Waals surface area contributed by atoms with Crippen molar-refractivity contribution in [3.63, 3.8) is 0 Å². The van der Waals surface area contributed by atoms with Crippen molar-refractivity contribution in [2.45, 2.75) is 39.3 Å². The molecule has 1 aromatic heterocycles. The van der Waals surface area contributed by atoms with Crippen molar-refractivity contribution < 1.29 is 0 Å². The van der Waals surface area contributed by atoms with Gasteiger partial charge >= 0.3 is 4.87 Å². The minimum absolute atomic E-state index is 0.127. The second kappa shape index (κ2) is 4.55. The molecule has 0 aliphatic heterocycles. The zero-order chi connectivity index (χ0) is 11.7. The fourth-order valence-corrected chi connectivity index (χ4v) is 2.46. The van der Waals surface area contributed by atoms with E-state index in [0.29, 0.717) is 12.6 Å². The first-order valence-electron chi connectivity index (χ1n) is 5.65. The SMILES string of the molecule is C=C(CNC1CC1)Cn1c(C)c(C)sc1=O. The molecule has 1 aromatic rings. The number of nitrogens with zero attached hydrogens (tertiary/aromatic N) is 1. The summed E-state index contributed by atoms with van der Waals surface area (Å²) in [6, 6.07) is 0.693. The second-order valence-corrected chi connectivity index (χ2v) is 5.67. The smallest absolute Gasteiger partial charge is 0.307 e. The van der Waals surface area contributed by atoms with Crippen molar-refractivity contribution in [3.8, 4) is 0 Å². The van der Waals surface area contributed by atoms with Crippen molar-refractivity contribution in [2.75, 3.05) is 6.54 Å². The van der Waals surface area contributed by atoms with Gasteiger partial charge in [-0.2, -0.15) is 0 Å². The van der Waals surface area contributed by atoms with E-state index in [4.69, 9.17) is 0 Å². The van der Waals surface area contributed by atoms with Crippen LogP contribution in [0.1, 0.15) is 23.4 Å². The van der Waals surface area contributed by atoms with Crippen molar-refractivity contribution in [3.05, 3.63) is 32.4 Å². The maximum absolute atomic E-state index is 11.7. The molecule has 0 amide bonds. The monoisotopic (exact) mass is 238 g/mol. The molecule has 0 saturated heterocycles. The van der Waals surface area contributed by atoms with Crippen LogP contribution in [-0.2, 0) is 6.54 Å². The molecule has 0 unspecified atom stereocenters. The van der Waals surface area contributed by atoms with Gasteiger partial charge in [-0.1, -0.05) is 17.9 Å². The van der Waals surface area contributed by atoms with Gasteiger partial charge in [0.05, 0.1) is 0 Å². The highest BCUT2D eigenvalue weighted by Crippen LogP contribution is 2.18. The van der Waals surface area contributed by atoms with Crippen LogP contribution >= 0.6 is 11.3 Å². The molecule has 1 N–H and O–H groups in total. The summed E-state index contributed by atoms with van der Waals surface area (Å²) in [6.07, 6.45) is 2.56. The summed E-state index contributed by atoms with van der Waals surface area (Å²) in [5, 5.41) is 3.41. The largest absolute Gasteiger partial charge is 0.310 e. The van der Waals surface area contributed by atoms with Gasteiger partial charge in [0, 0.05) is 29.7 Å². The van der Waals surface area contributed by atoms with Gasteiger partial charge in [0.1, 0.15) is 0 Å². The van der Waals surface area contributed by atoms with E-state index >= 15 is 0 Å². The van der Waals surface area contributed by atoms with Gasteiger partial charge in [-0.15, -0.1) is 0 Å².